The second kappa shape index (κ2) is 7.09. The normalized spacial score (nSPS) is 21.9. The molecular formula is C16H28N2O2. The lowest BCUT2D eigenvalue weighted by molar-refractivity contribution is -0.134. The molecule has 2 aliphatic rings. The zero-order valence-corrected chi connectivity index (χ0v) is 12.6. The maximum Gasteiger partial charge on any atom is 0.223 e. The summed E-state index contributed by atoms with van der Waals surface area (Å²) in [5.74, 6) is 0.639. The molecule has 2 aliphatic carbocycles. The van der Waals surface area contributed by atoms with Crippen LogP contribution in [-0.4, -0.2) is 18.4 Å². The average molecular weight is 280 g/mol. The SMILES string of the molecule is CCNC(=O)[C@H](CC1CCC1)[C@H](CCC1CC1)C(N)=O. The van der Waals surface area contributed by atoms with Gasteiger partial charge in [-0.25, -0.2) is 0 Å². The predicted molar refractivity (Wildman–Crippen MR) is 78.8 cm³/mol. The van der Waals surface area contributed by atoms with Gasteiger partial charge in [0.2, 0.25) is 11.8 Å². The number of hydrogen-bond donors (Lipinski definition) is 2. The number of amides is 2. The Balaban J connectivity index is 1.97. The molecule has 3 N–H and O–H groups in total. The van der Waals surface area contributed by atoms with E-state index in [9.17, 15) is 9.59 Å². The van der Waals surface area contributed by atoms with Crippen LogP contribution in [-0.2, 0) is 9.59 Å². The Kier molecular flexibility index (Phi) is 5.44. The summed E-state index contributed by atoms with van der Waals surface area (Å²) in [6, 6.07) is 0. The van der Waals surface area contributed by atoms with E-state index in [1.54, 1.807) is 0 Å². The van der Waals surface area contributed by atoms with Crippen LogP contribution in [0.5, 0.6) is 0 Å². The van der Waals surface area contributed by atoms with Gasteiger partial charge in [-0.3, -0.25) is 9.59 Å². The van der Waals surface area contributed by atoms with Gasteiger partial charge in [0.25, 0.3) is 0 Å². The van der Waals surface area contributed by atoms with E-state index < -0.39 is 0 Å². The van der Waals surface area contributed by atoms with Gasteiger partial charge in [-0.1, -0.05) is 32.1 Å². The first kappa shape index (κ1) is 15.3. The number of carbonyl (C=O) groups is 2. The molecule has 2 amide bonds. The van der Waals surface area contributed by atoms with Gasteiger partial charge in [0, 0.05) is 18.4 Å². The number of rotatable bonds is 9. The minimum atomic E-state index is -0.291. The highest BCUT2D eigenvalue weighted by molar-refractivity contribution is 5.86. The molecule has 0 aromatic heterocycles. The fourth-order valence-electron chi connectivity index (χ4n) is 3.21. The molecule has 114 valence electrons. The highest BCUT2D eigenvalue weighted by atomic mass is 16.2. The van der Waals surface area contributed by atoms with Gasteiger partial charge in [-0.15, -0.1) is 0 Å². The number of nitrogens with two attached hydrogens (primary N) is 1. The molecule has 2 saturated carbocycles. The lowest BCUT2D eigenvalue weighted by Gasteiger charge is -2.32. The van der Waals surface area contributed by atoms with Crippen molar-refractivity contribution in [1.29, 1.82) is 0 Å². The summed E-state index contributed by atoms with van der Waals surface area (Å²) in [6.45, 7) is 2.54. The Labute approximate surface area is 121 Å². The third kappa shape index (κ3) is 4.22. The zero-order valence-electron chi connectivity index (χ0n) is 12.6. The minimum absolute atomic E-state index is 0.0268. The second-order valence-electron chi connectivity index (χ2n) is 6.56. The number of hydrogen-bond acceptors (Lipinski definition) is 2. The lowest BCUT2D eigenvalue weighted by Crippen LogP contribution is -2.42. The summed E-state index contributed by atoms with van der Waals surface area (Å²) in [6.07, 6.45) is 8.89. The van der Waals surface area contributed by atoms with Crippen molar-refractivity contribution in [3.63, 3.8) is 0 Å². The van der Waals surface area contributed by atoms with Crippen molar-refractivity contribution in [2.75, 3.05) is 6.54 Å². The van der Waals surface area contributed by atoms with E-state index in [1.807, 2.05) is 6.92 Å². The van der Waals surface area contributed by atoms with E-state index in [-0.39, 0.29) is 23.7 Å². The van der Waals surface area contributed by atoms with Crippen molar-refractivity contribution < 1.29 is 9.59 Å². The first-order valence-corrected chi connectivity index (χ1v) is 8.18. The number of nitrogens with one attached hydrogen (secondary N) is 1. The molecule has 0 bridgehead atoms. The van der Waals surface area contributed by atoms with E-state index >= 15 is 0 Å². The van der Waals surface area contributed by atoms with Crippen molar-refractivity contribution in [2.24, 2.45) is 29.4 Å². The highest BCUT2D eigenvalue weighted by Crippen LogP contribution is 2.39. The molecule has 0 spiro atoms. The summed E-state index contributed by atoms with van der Waals surface area (Å²) in [4.78, 5) is 24.1. The van der Waals surface area contributed by atoms with Crippen LogP contribution in [0.4, 0.5) is 0 Å². The molecule has 4 nitrogen and oxygen atoms in total. The van der Waals surface area contributed by atoms with Crippen LogP contribution < -0.4 is 11.1 Å². The topological polar surface area (TPSA) is 72.2 Å². The first-order valence-electron chi connectivity index (χ1n) is 8.18. The molecular weight excluding hydrogens is 252 g/mol. The quantitative estimate of drug-likeness (QED) is 0.679. The van der Waals surface area contributed by atoms with Crippen LogP contribution in [0.15, 0.2) is 0 Å². The minimum Gasteiger partial charge on any atom is -0.369 e. The van der Waals surface area contributed by atoms with Crippen LogP contribution >= 0.6 is 0 Å². The Bertz CT molecular complexity index is 348. The van der Waals surface area contributed by atoms with Gasteiger partial charge >= 0.3 is 0 Å². The van der Waals surface area contributed by atoms with Crippen molar-refractivity contribution >= 4 is 11.8 Å². The van der Waals surface area contributed by atoms with Crippen LogP contribution in [0.3, 0.4) is 0 Å². The lowest BCUT2D eigenvalue weighted by atomic mass is 9.73. The van der Waals surface area contributed by atoms with E-state index in [4.69, 9.17) is 5.73 Å². The summed E-state index contributed by atoms with van der Waals surface area (Å²) in [7, 11) is 0. The first-order chi connectivity index (χ1) is 9.61. The summed E-state index contributed by atoms with van der Waals surface area (Å²) in [5, 5.41) is 2.89. The summed E-state index contributed by atoms with van der Waals surface area (Å²) in [5.41, 5.74) is 5.59. The molecule has 2 fully saturated rings. The van der Waals surface area contributed by atoms with Crippen LogP contribution in [0.25, 0.3) is 0 Å². The van der Waals surface area contributed by atoms with Crippen molar-refractivity contribution in [2.45, 2.75) is 58.3 Å². The molecule has 0 aliphatic heterocycles. The smallest absolute Gasteiger partial charge is 0.223 e. The fourth-order valence-corrected chi connectivity index (χ4v) is 3.21. The van der Waals surface area contributed by atoms with E-state index in [1.165, 1.54) is 32.1 Å². The third-order valence-electron chi connectivity index (χ3n) is 4.93. The van der Waals surface area contributed by atoms with Gasteiger partial charge in [-0.2, -0.15) is 0 Å². The van der Waals surface area contributed by atoms with Gasteiger partial charge in [0.1, 0.15) is 0 Å². The van der Waals surface area contributed by atoms with Crippen LogP contribution in [0.2, 0.25) is 0 Å². The van der Waals surface area contributed by atoms with Crippen LogP contribution in [0.1, 0.15) is 58.3 Å². The van der Waals surface area contributed by atoms with E-state index in [2.05, 4.69) is 5.32 Å². The highest BCUT2D eigenvalue weighted by Gasteiger charge is 2.36. The summed E-state index contributed by atoms with van der Waals surface area (Å²) < 4.78 is 0. The van der Waals surface area contributed by atoms with E-state index in [0.717, 1.165) is 25.2 Å². The Hall–Kier alpha value is -1.06. The molecule has 0 heterocycles. The van der Waals surface area contributed by atoms with Gasteiger partial charge < -0.3 is 11.1 Å². The Morgan fingerprint density at radius 3 is 2.30 bits per heavy atom. The van der Waals surface area contributed by atoms with Crippen molar-refractivity contribution in [1.82, 2.24) is 5.32 Å². The van der Waals surface area contributed by atoms with Gasteiger partial charge in [-0.05, 0) is 38.0 Å². The maximum atomic E-state index is 12.3. The summed E-state index contributed by atoms with van der Waals surface area (Å²) >= 11 is 0. The van der Waals surface area contributed by atoms with Gasteiger partial charge in [0.15, 0.2) is 0 Å². The molecule has 2 atom stereocenters. The fraction of sp³-hybridized carbons (Fsp3) is 0.875. The average Bonchev–Trinajstić information content (AvgIpc) is 3.14. The van der Waals surface area contributed by atoms with E-state index in [0.29, 0.717) is 12.5 Å². The molecule has 0 saturated heterocycles. The molecule has 4 heteroatoms. The largest absolute Gasteiger partial charge is 0.369 e. The number of primary amides is 1. The second-order valence-corrected chi connectivity index (χ2v) is 6.56. The molecule has 2 rings (SSSR count). The molecule has 0 unspecified atom stereocenters. The standard InChI is InChI=1S/C16H28N2O2/c1-2-18-16(20)14(10-12-4-3-5-12)13(15(17)19)9-8-11-6-7-11/h11-14H,2-10H2,1H3,(H2,17,19)(H,18,20)/t13-,14+/m0/s1. The van der Waals surface area contributed by atoms with Crippen LogP contribution in [0, 0.1) is 23.7 Å². The number of carbonyl (C=O) groups excluding carboxylic acids is 2. The Morgan fingerprint density at radius 2 is 1.85 bits per heavy atom. The predicted octanol–water partition coefficient (Wildman–Crippen LogP) is 2.22. The molecule has 0 radical (unpaired) electrons. The van der Waals surface area contributed by atoms with Gasteiger partial charge in [0.05, 0.1) is 0 Å². The molecule has 0 aromatic carbocycles. The van der Waals surface area contributed by atoms with Crippen molar-refractivity contribution in [3.8, 4) is 0 Å². The third-order valence-corrected chi connectivity index (χ3v) is 4.93. The maximum absolute atomic E-state index is 12.3. The Morgan fingerprint density at radius 1 is 1.15 bits per heavy atom. The zero-order chi connectivity index (χ0) is 14.5. The molecule has 0 aromatic rings. The molecule has 20 heavy (non-hydrogen) atoms. The van der Waals surface area contributed by atoms with Crippen molar-refractivity contribution in [3.05, 3.63) is 0 Å². The monoisotopic (exact) mass is 280 g/mol.